The number of carbonyl (C=O) groups excluding carboxylic acids is 1. The smallest absolute Gasteiger partial charge is 0.264 e. The molecule has 0 atom stereocenters. The van der Waals surface area contributed by atoms with Gasteiger partial charge in [0.2, 0.25) is 0 Å². The van der Waals surface area contributed by atoms with E-state index in [-0.39, 0.29) is 16.3 Å². The molecule has 0 spiro atoms. The maximum atomic E-state index is 13.5. The van der Waals surface area contributed by atoms with Gasteiger partial charge in [-0.15, -0.1) is 0 Å². The number of benzene rings is 3. The van der Waals surface area contributed by atoms with Gasteiger partial charge < -0.3 is 18.9 Å². The van der Waals surface area contributed by atoms with E-state index in [1.165, 1.54) is 58.9 Å². The molecule has 0 unspecified atom stereocenters. The van der Waals surface area contributed by atoms with Crippen LogP contribution in [0, 0.1) is 0 Å². The second-order valence-corrected chi connectivity index (χ2v) is 9.13. The van der Waals surface area contributed by atoms with Gasteiger partial charge in [-0.05, 0) is 36.4 Å². The second-order valence-electron chi connectivity index (χ2n) is 7.26. The predicted molar refractivity (Wildman–Crippen MR) is 136 cm³/mol. The largest absolute Gasteiger partial charge is 0.497 e. The van der Waals surface area contributed by atoms with Gasteiger partial charge in [0, 0.05) is 17.7 Å². The summed E-state index contributed by atoms with van der Waals surface area (Å²) in [6.07, 6.45) is 1.39. The molecule has 0 saturated heterocycles. The Hall–Kier alpha value is -4.25. The lowest BCUT2D eigenvalue weighted by atomic mass is 10.2. The van der Waals surface area contributed by atoms with Crippen molar-refractivity contribution in [2.75, 3.05) is 39.3 Å². The van der Waals surface area contributed by atoms with E-state index in [0.29, 0.717) is 22.8 Å². The number of hydrogen-bond donors (Lipinski definition) is 1. The van der Waals surface area contributed by atoms with Crippen molar-refractivity contribution in [2.45, 2.75) is 4.90 Å². The molecule has 3 aromatic rings. The number of amides is 1. The summed E-state index contributed by atoms with van der Waals surface area (Å²) in [6.45, 7) is -0.559. The highest BCUT2D eigenvalue weighted by molar-refractivity contribution is 7.92. The van der Waals surface area contributed by atoms with E-state index in [2.05, 4.69) is 10.5 Å². The number of methoxy groups -OCH3 is 4. The Morgan fingerprint density at radius 2 is 1.47 bits per heavy atom. The van der Waals surface area contributed by atoms with Crippen LogP contribution in [-0.4, -0.2) is 55.5 Å². The minimum absolute atomic E-state index is 0.0159. The molecule has 0 aliphatic rings. The van der Waals surface area contributed by atoms with Crippen molar-refractivity contribution >= 4 is 27.8 Å². The molecule has 0 fully saturated rings. The summed E-state index contributed by atoms with van der Waals surface area (Å²) in [4.78, 5) is 12.8. The Morgan fingerprint density at radius 1 is 0.861 bits per heavy atom. The van der Waals surface area contributed by atoms with Crippen LogP contribution in [0.3, 0.4) is 0 Å². The van der Waals surface area contributed by atoms with Crippen molar-refractivity contribution in [3.05, 3.63) is 72.3 Å². The van der Waals surface area contributed by atoms with Crippen LogP contribution in [0.25, 0.3) is 0 Å². The van der Waals surface area contributed by atoms with Crippen LogP contribution in [0.4, 0.5) is 5.69 Å². The van der Waals surface area contributed by atoms with Gasteiger partial charge >= 0.3 is 0 Å². The summed E-state index contributed by atoms with van der Waals surface area (Å²) in [6, 6.07) is 17.5. The zero-order valence-electron chi connectivity index (χ0n) is 20.3. The highest BCUT2D eigenvalue weighted by Crippen LogP contribution is 2.35. The fourth-order valence-electron chi connectivity index (χ4n) is 3.27. The number of ether oxygens (including phenoxy) is 4. The van der Waals surface area contributed by atoms with E-state index >= 15 is 0 Å². The molecule has 1 amide bonds. The summed E-state index contributed by atoms with van der Waals surface area (Å²) in [5.74, 6) is 1.10. The summed E-state index contributed by atoms with van der Waals surface area (Å²) < 4.78 is 49.1. The van der Waals surface area contributed by atoms with Gasteiger partial charge in [-0.3, -0.25) is 9.10 Å². The maximum absolute atomic E-state index is 13.5. The van der Waals surface area contributed by atoms with E-state index in [1.54, 1.807) is 42.5 Å². The fraction of sp³-hybridized carbons (Fsp3) is 0.200. The van der Waals surface area contributed by atoms with Crippen molar-refractivity contribution in [1.29, 1.82) is 0 Å². The molecule has 0 saturated carbocycles. The van der Waals surface area contributed by atoms with Crippen molar-refractivity contribution < 1.29 is 32.2 Å². The number of anilines is 1. The molecule has 0 aliphatic heterocycles. The van der Waals surface area contributed by atoms with E-state index in [4.69, 9.17) is 18.9 Å². The molecule has 1 N–H and O–H groups in total. The summed E-state index contributed by atoms with van der Waals surface area (Å²) in [5, 5.41) is 3.96. The standard InChI is InChI=1S/C25H27N3O7S/c1-32-19-11-10-18(23(14-19)34-3)16-26-27-25(29)17-28(36(30,31)21-8-6-5-7-9-21)22-13-12-20(33-2)15-24(22)35-4/h5-16H,17H2,1-4H3,(H,27,29)/b26-16-. The van der Waals surface area contributed by atoms with Crippen LogP contribution in [0.1, 0.15) is 5.56 Å². The summed E-state index contributed by atoms with van der Waals surface area (Å²) in [5.41, 5.74) is 3.12. The van der Waals surface area contributed by atoms with Gasteiger partial charge in [0.1, 0.15) is 29.5 Å². The van der Waals surface area contributed by atoms with Crippen LogP contribution in [-0.2, 0) is 14.8 Å². The minimum atomic E-state index is -4.13. The number of hydrogen-bond acceptors (Lipinski definition) is 8. The van der Waals surface area contributed by atoms with Gasteiger partial charge in [0.15, 0.2) is 0 Å². The second kappa shape index (κ2) is 11.9. The zero-order chi connectivity index (χ0) is 26.1. The third-order valence-electron chi connectivity index (χ3n) is 5.11. The molecular formula is C25H27N3O7S. The molecule has 0 bridgehead atoms. The van der Waals surface area contributed by atoms with Crippen LogP contribution >= 0.6 is 0 Å². The Balaban J connectivity index is 1.90. The van der Waals surface area contributed by atoms with Crippen LogP contribution in [0.2, 0.25) is 0 Å². The Kier molecular flexibility index (Phi) is 8.74. The first-order valence-electron chi connectivity index (χ1n) is 10.7. The number of nitrogens with zero attached hydrogens (tertiary/aromatic N) is 2. The third-order valence-corrected chi connectivity index (χ3v) is 6.88. The number of rotatable bonds is 11. The van der Waals surface area contributed by atoms with Crippen molar-refractivity contribution in [1.82, 2.24) is 5.43 Å². The third kappa shape index (κ3) is 6.05. The average Bonchev–Trinajstić information content (AvgIpc) is 2.91. The SMILES string of the molecule is COc1ccc(/C=N\NC(=O)CN(c2ccc(OC)cc2OC)S(=O)(=O)c2ccccc2)c(OC)c1. The fourth-order valence-corrected chi connectivity index (χ4v) is 4.73. The van der Waals surface area contributed by atoms with Crippen LogP contribution < -0.4 is 28.7 Å². The monoisotopic (exact) mass is 513 g/mol. The topological polar surface area (TPSA) is 116 Å². The minimum Gasteiger partial charge on any atom is -0.497 e. The van der Waals surface area contributed by atoms with E-state index < -0.39 is 22.5 Å². The quantitative estimate of drug-likeness (QED) is 0.309. The number of sulfonamides is 1. The molecule has 190 valence electrons. The molecule has 3 aromatic carbocycles. The molecule has 0 heterocycles. The molecule has 0 aliphatic carbocycles. The number of nitrogens with one attached hydrogen (secondary N) is 1. The predicted octanol–water partition coefficient (Wildman–Crippen LogP) is 3.07. The van der Waals surface area contributed by atoms with Crippen molar-refractivity contribution in [2.24, 2.45) is 5.10 Å². The molecular weight excluding hydrogens is 486 g/mol. The molecule has 0 radical (unpaired) electrons. The lowest BCUT2D eigenvalue weighted by molar-refractivity contribution is -0.119. The summed E-state index contributed by atoms with van der Waals surface area (Å²) in [7, 11) is 1.79. The van der Waals surface area contributed by atoms with Gasteiger partial charge in [-0.25, -0.2) is 13.8 Å². The molecule has 10 nitrogen and oxygen atoms in total. The van der Waals surface area contributed by atoms with E-state index in [9.17, 15) is 13.2 Å². The molecule has 11 heteroatoms. The van der Waals surface area contributed by atoms with Gasteiger partial charge in [0.25, 0.3) is 15.9 Å². The van der Waals surface area contributed by atoms with Crippen LogP contribution in [0.5, 0.6) is 23.0 Å². The highest BCUT2D eigenvalue weighted by Gasteiger charge is 2.29. The van der Waals surface area contributed by atoms with Gasteiger partial charge in [-0.2, -0.15) is 5.10 Å². The lowest BCUT2D eigenvalue weighted by Gasteiger charge is -2.25. The first-order chi connectivity index (χ1) is 17.3. The van der Waals surface area contributed by atoms with Crippen LogP contribution in [0.15, 0.2) is 76.7 Å². The normalized spacial score (nSPS) is 11.1. The van der Waals surface area contributed by atoms with Crippen molar-refractivity contribution in [3.8, 4) is 23.0 Å². The Bertz CT molecular complexity index is 1330. The van der Waals surface area contributed by atoms with Gasteiger partial charge in [-0.1, -0.05) is 18.2 Å². The number of carbonyl (C=O) groups is 1. The van der Waals surface area contributed by atoms with Gasteiger partial charge in [0.05, 0.1) is 45.2 Å². The van der Waals surface area contributed by atoms with E-state index in [0.717, 1.165) is 4.31 Å². The highest BCUT2D eigenvalue weighted by atomic mass is 32.2. The Morgan fingerprint density at radius 3 is 2.08 bits per heavy atom. The zero-order valence-corrected chi connectivity index (χ0v) is 21.1. The van der Waals surface area contributed by atoms with E-state index in [1.807, 2.05) is 0 Å². The number of hydrazone groups is 1. The maximum Gasteiger partial charge on any atom is 0.264 e. The lowest BCUT2D eigenvalue weighted by Crippen LogP contribution is -2.39. The Labute approximate surface area is 210 Å². The summed E-state index contributed by atoms with van der Waals surface area (Å²) >= 11 is 0. The average molecular weight is 514 g/mol. The first-order valence-corrected chi connectivity index (χ1v) is 12.1. The van der Waals surface area contributed by atoms with Crippen molar-refractivity contribution in [3.63, 3.8) is 0 Å². The molecule has 3 rings (SSSR count). The molecule has 0 aromatic heterocycles. The molecule has 36 heavy (non-hydrogen) atoms. The first kappa shape index (κ1) is 26.4.